The molecule has 0 saturated carbocycles. The number of benzene rings is 1. The van der Waals surface area contributed by atoms with Gasteiger partial charge in [0.2, 0.25) is 5.88 Å². The molecular weight excluding hydrogens is 449 g/mol. The molecule has 2 heterocycles. The Morgan fingerprint density at radius 3 is 2.32 bits per heavy atom. The number of carbonyl (C=O) groups is 1. The van der Waals surface area contributed by atoms with Gasteiger partial charge < -0.3 is 19.1 Å². The zero-order chi connectivity index (χ0) is 24.9. The molecule has 0 aliphatic carbocycles. The molecule has 3 rings (SSSR count). The van der Waals surface area contributed by atoms with Crippen molar-refractivity contribution in [1.29, 1.82) is 0 Å². The highest BCUT2D eigenvalue weighted by molar-refractivity contribution is 5.68. The second kappa shape index (κ2) is 10.4. The van der Waals surface area contributed by atoms with Crippen LogP contribution in [0.15, 0.2) is 42.1 Å². The Kier molecular flexibility index (Phi) is 7.74. The lowest BCUT2D eigenvalue weighted by Crippen LogP contribution is -2.40. The third-order valence-electron chi connectivity index (χ3n) is 4.93. The molecule has 6 nitrogen and oxygen atoms in total. The van der Waals surface area contributed by atoms with Crippen LogP contribution in [0.4, 0.5) is 18.0 Å². The van der Waals surface area contributed by atoms with Gasteiger partial charge in [-0.05, 0) is 64.3 Å². The number of carbonyl (C=O) groups excluding carboxylic acids is 1. The third kappa shape index (κ3) is 7.40. The first-order valence-corrected chi connectivity index (χ1v) is 11.1. The van der Waals surface area contributed by atoms with Gasteiger partial charge in [0.15, 0.2) is 0 Å². The lowest BCUT2D eigenvalue weighted by atomic mass is 10.0. The Balaban J connectivity index is 1.72. The topological polar surface area (TPSA) is 60.9 Å². The summed E-state index contributed by atoms with van der Waals surface area (Å²) in [5.41, 5.74) is 0.609. The van der Waals surface area contributed by atoms with Gasteiger partial charge in [-0.25, -0.2) is 9.78 Å². The molecule has 0 radical (unpaired) electrons. The van der Waals surface area contributed by atoms with Crippen molar-refractivity contribution in [1.82, 2.24) is 9.88 Å². The quantitative estimate of drug-likeness (QED) is 0.478. The Morgan fingerprint density at radius 1 is 1.09 bits per heavy atom. The number of hydrogen-bond donors (Lipinski definition) is 0. The van der Waals surface area contributed by atoms with Crippen LogP contribution in [0, 0.1) is 0 Å². The van der Waals surface area contributed by atoms with Gasteiger partial charge in [-0.2, -0.15) is 13.2 Å². The van der Waals surface area contributed by atoms with E-state index in [2.05, 4.69) is 4.98 Å². The van der Waals surface area contributed by atoms with Gasteiger partial charge >= 0.3 is 12.3 Å². The zero-order valence-corrected chi connectivity index (χ0v) is 19.7. The molecule has 9 heteroatoms. The van der Waals surface area contributed by atoms with Gasteiger partial charge in [0.1, 0.15) is 17.1 Å². The number of nitrogens with zero attached hydrogens (tertiary/aromatic N) is 2. The minimum atomic E-state index is -4.46. The highest BCUT2D eigenvalue weighted by Gasteiger charge is 2.30. The van der Waals surface area contributed by atoms with Gasteiger partial charge in [0, 0.05) is 31.4 Å². The van der Waals surface area contributed by atoms with E-state index in [0.29, 0.717) is 44.0 Å². The predicted molar refractivity (Wildman–Crippen MR) is 122 cm³/mol. The lowest BCUT2D eigenvalue weighted by Gasteiger charge is -2.31. The maximum Gasteiger partial charge on any atom is 0.417 e. The largest absolute Gasteiger partial charge is 0.494 e. The van der Waals surface area contributed by atoms with Crippen molar-refractivity contribution in [3.05, 3.63) is 53.2 Å². The van der Waals surface area contributed by atoms with Crippen LogP contribution in [0.2, 0.25) is 0 Å². The molecule has 1 saturated heterocycles. The van der Waals surface area contributed by atoms with Crippen LogP contribution >= 0.6 is 0 Å². The van der Waals surface area contributed by atoms with Crippen molar-refractivity contribution in [2.75, 3.05) is 19.7 Å². The van der Waals surface area contributed by atoms with Gasteiger partial charge in [-0.15, -0.1) is 0 Å². The molecule has 0 unspecified atom stereocenters. The standard InChI is InChI=1S/C25H29F3N2O4/c1-5-32-20-13-18(12-17-8-10-30(11-9-17)23(31)34-24(2,3)4)14-21(15-20)33-22-7-6-19(16-29-22)25(26,27)28/h6-7,12-16H,5,8-11H2,1-4H3. The summed E-state index contributed by atoms with van der Waals surface area (Å²) in [6.45, 7) is 8.94. The highest BCUT2D eigenvalue weighted by atomic mass is 19.4. The predicted octanol–water partition coefficient (Wildman–Crippen LogP) is 6.71. The summed E-state index contributed by atoms with van der Waals surface area (Å²) in [7, 11) is 0. The smallest absolute Gasteiger partial charge is 0.417 e. The van der Waals surface area contributed by atoms with E-state index in [0.717, 1.165) is 23.4 Å². The van der Waals surface area contributed by atoms with Crippen molar-refractivity contribution < 1.29 is 32.2 Å². The zero-order valence-electron chi connectivity index (χ0n) is 19.7. The van der Waals surface area contributed by atoms with Crippen LogP contribution in [-0.2, 0) is 10.9 Å². The molecule has 0 spiro atoms. The Hall–Kier alpha value is -3.23. The summed E-state index contributed by atoms with van der Waals surface area (Å²) < 4.78 is 55.1. The maximum atomic E-state index is 12.8. The molecule has 0 N–H and O–H groups in total. The fourth-order valence-electron chi connectivity index (χ4n) is 3.40. The molecule has 1 fully saturated rings. The molecule has 34 heavy (non-hydrogen) atoms. The van der Waals surface area contributed by atoms with Crippen molar-refractivity contribution in [3.8, 4) is 17.4 Å². The summed E-state index contributed by atoms with van der Waals surface area (Å²) in [5.74, 6) is 1.02. The number of piperidine rings is 1. The monoisotopic (exact) mass is 478 g/mol. The van der Waals surface area contributed by atoms with Crippen LogP contribution in [0.3, 0.4) is 0 Å². The number of aromatic nitrogens is 1. The van der Waals surface area contributed by atoms with Gasteiger partial charge in [-0.3, -0.25) is 0 Å². The molecule has 0 bridgehead atoms. The van der Waals surface area contributed by atoms with E-state index in [9.17, 15) is 18.0 Å². The molecule has 1 amide bonds. The van der Waals surface area contributed by atoms with Gasteiger partial charge in [0.25, 0.3) is 0 Å². The molecule has 1 aromatic heterocycles. The lowest BCUT2D eigenvalue weighted by molar-refractivity contribution is -0.137. The summed E-state index contributed by atoms with van der Waals surface area (Å²) in [6, 6.07) is 7.41. The number of halogens is 3. The van der Waals surface area contributed by atoms with Crippen molar-refractivity contribution in [2.45, 2.75) is 52.3 Å². The molecule has 184 valence electrons. The number of likely N-dealkylation sites (tertiary alicyclic amines) is 1. The van der Waals surface area contributed by atoms with Crippen LogP contribution in [-0.4, -0.2) is 41.3 Å². The summed E-state index contributed by atoms with van der Waals surface area (Å²) in [5, 5.41) is 0. The summed E-state index contributed by atoms with van der Waals surface area (Å²) in [4.78, 5) is 17.7. The third-order valence-corrected chi connectivity index (χ3v) is 4.93. The Bertz CT molecular complexity index is 1020. The van der Waals surface area contributed by atoms with Gasteiger partial charge in [-0.1, -0.05) is 11.6 Å². The minimum absolute atomic E-state index is 0.0471. The minimum Gasteiger partial charge on any atom is -0.494 e. The average Bonchev–Trinajstić information content (AvgIpc) is 2.73. The average molecular weight is 479 g/mol. The molecule has 0 atom stereocenters. The fourth-order valence-corrected chi connectivity index (χ4v) is 3.40. The first-order chi connectivity index (χ1) is 15.9. The Labute approximate surface area is 197 Å². The van der Waals surface area contributed by atoms with Crippen LogP contribution in [0.25, 0.3) is 6.08 Å². The number of pyridine rings is 1. The molecule has 1 aliphatic rings. The molecule has 1 aromatic carbocycles. The van der Waals surface area contributed by atoms with E-state index in [1.807, 2.05) is 39.8 Å². The Morgan fingerprint density at radius 2 is 1.76 bits per heavy atom. The van der Waals surface area contributed by atoms with Crippen LogP contribution < -0.4 is 9.47 Å². The van der Waals surface area contributed by atoms with E-state index in [4.69, 9.17) is 14.2 Å². The number of alkyl halides is 3. The first kappa shape index (κ1) is 25.4. The molecular formula is C25H29F3N2O4. The number of amides is 1. The van der Waals surface area contributed by atoms with E-state index in [-0.39, 0.29) is 12.0 Å². The van der Waals surface area contributed by atoms with Crippen molar-refractivity contribution in [3.63, 3.8) is 0 Å². The number of ether oxygens (including phenoxy) is 3. The second-order valence-electron chi connectivity index (χ2n) is 8.93. The van der Waals surface area contributed by atoms with Crippen LogP contribution in [0.5, 0.6) is 17.4 Å². The van der Waals surface area contributed by atoms with Gasteiger partial charge in [0.05, 0.1) is 12.2 Å². The highest BCUT2D eigenvalue weighted by Crippen LogP contribution is 2.32. The van der Waals surface area contributed by atoms with E-state index >= 15 is 0 Å². The molecule has 1 aliphatic heterocycles. The fraction of sp³-hybridized carbons (Fsp3) is 0.440. The van der Waals surface area contributed by atoms with Crippen LogP contribution in [0.1, 0.15) is 51.7 Å². The van der Waals surface area contributed by atoms with Crippen molar-refractivity contribution in [2.24, 2.45) is 0 Å². The maximum absolute atomic E-state index is 12.8. The van der Waals surface area contributed by atoms with E-state index in [1.165, 1.54) is 6.07 Å². The normalized spacial score (nSPS) is 14.6. The summed E-state index contributed by atoms with van der Waals surface area (Å²) in [6.07, 6.45) is -0.613. The van der Waals surface area contributed by atoms with E-state index in [1.54, 1.807) is 17.0 Å². The number of hydrogen-bond acceptors (Lipinski definition) is 5. The van der Waals surface area contributed by atoms with Crippen molar-refractivity contribution >= 4 is 12.2 Å². The first-order valence-electron chi connectivity index (χ1n) is 11.1. The molecule has 2 aromatic rings. The second-order valence-corrected chi connectivity index (χ2v) is 8.93. The number of rotatable bonds is 5. The summed E-state index contributed by atoms with van der Waals surface area (Å²) >= 11 is 0. The van der Waals surface area contributed by atoms with E-state index < -0.39 is 17.3 Å². The SMILES string of the molecule is CCOc1cc(C=C2CCN(C(=O)OC(C)(C)C)CC2)cc(Oc2ccc(C(F)(F)F)cn2)c1.